The largest absolute Gasteiger partial charge is 0.497 e. The number of amides is 1. The third-order valence-corrected chi connectivity index (χ3v) is 4.66. The molecule has 0 spiro atoms. The summed E-state index contributed by atoms with van der Waals surface area (Å²) >= 11 is 6.35. The lowest BCUT2D eigenvalue weighted by atomic mass is 10.2. The number of nitrogens with one attached hydrogen (secondary N) is 2. The lowest BCUT2D eigenvalue weighted by Gasteiger charge is -2.14. The van der Waals surface area contributed by atoms with Gasteiger partial charge in [-0.05, 0) is 48.9 Å². The summed E-state index contributed by atoms with van der Waals surface area (Å²) in [7, 11) is 3.05. The van der Waals surface area contributed by atoms with Crippen molar-refractivity contribution in [2.45, 2.75) is 13.5 Å². The van der Waals surface area contributed by atoms with Crippen molar-refractivity contribution in [2.75, 3.05) is 19.5 Å². The van der Waals surface area contributed by atoms with E-state index in [0.29, 0.717) is 27.8 Å². The SMILES string of the molecule is COc1cc(OC)cc(C(=O)NC(=NCc2ccccn2)Nc2ccc(C)cc2Cl)c1. The van der Waals surface area contributed by atoms with Crippen LogP contribution >= 0.6 is 11.6 Å². The van der Waals surface area contributed by atoms with Crippen LogP contribution in [0.4, 0.5) is 5.69 Å². The van der Waals surface area contributed by atoms with E-state index in [-0.39, 0.29) is 18.4 Å². The van der Waals surface area contributed by atoms with E-state index in [0.717, 1.165) is 11.3 Å². The number of anilines is 1. The summed E-state index contributed by atoms with van der Waals surface area (Å²) in [5.41, 5.74) is 2.76. The lowest BCUT2D eigenvalue weighted by molar-refractivity contribution is 0.0976. The number of hydrogen-bond donors (Lipinski definition) is 2. The molecule has 3 rings (SSSR count). The van der Waals surface area contributed by atoms with Crippen LogP contribution in [-0.4, -0.2) is 31.1 Å². The van der Waals surface area contributed by atoms with Gasteiger partial charge in [-0.25, -0.2) is 4.99 Å². The predicted octanol–water partition coefficient (Wildman–Crippen LogP) is 4.46. The first-order valence-corrected chi connectivity index (χ1v) is 9.88. The Morgan fingerprint density at radius 1 is 1.06 bits per heavy atom. The van der Waals surface area contributed by atoms with Crippen molar-refractivity contribution in [3.05, 3.63) is 82.6 Å². The number of methoxy groups -OCH3 is 2. The minimum atomic E-state index is -0.382. The zero-order valence-corrected chi connectivity index (χ0v) is 18.2. The van der Waals surface area contributed by atoms with E-state index in [9.17, 15) is 4.79 Å². The maximum absolute atomic E-state index is 12.9. The number of aryl methyl sites for hydroxylation is 1. The molecule has 7 nitrogen and oxygen atoms in total. The molecule has 1 amide bonds. The van der Waals surface area contributed by atoms with Gasteiger partial charge in [0.2, 0.25) is 5.96 Å². The molecule has 0 saturated carbocycles. The average Bonchev–Trinajstić information content (AvgIpc) is 2.79. The number of hydrogen-bond acceptors (Lipinski definition) is 5. The Bertz CT molecular complexity index is 1070. The summed E-state index contributed by atoms with van der Waals surface area (Å²) in [5, 5.41) is 6.41. The quantitative estimate of drug-likeness (QED) is 0.438. The van der Waals surface area contributed by atoms with Crippen LogP contribution in [0.25, 0.3) is 0 Å². The van der Waals surface area contributed by atoms with E-state index < -0.39 is 0 Å². The molecule has 2 aromatic carbocycles. The first-order valence-electron chi connectivity index (χ1n) is 9.50. The van der Waals surface area contributed by atoms with Gasteiger partial charge in [-0.15, -0.1) is 0 Å². The van der Waals surface area contributed by atoms with Gasteiger partial charge in [-0.1, -0.05) is 23.7 Å². The molecule has 2 N–H and O–H groups in total. The summed E-state index contributed by atoms with van der Waals surface area (Å²) in [5.74, 6) is 0.868. The average molecular weight is 439 g/mol. The van der Waals surface area contributed by atoms with Gasteiger partial charge in [-0.3, -0.25) is 15.1 Å². The normalized spacial score (nSPS) is 11.0. The van der Waals surface area contributed by atoms with Crippen molar-refractivity contribution in [3.63, 3.8) is 0 Å². The second-order valence-electron chi connectivity index (χ2n) is 6.65. The van der Waals surface area contributed by atoms with Gasteiger partial charge in [0.1, 0.15) is 11.5 Å². The van der Waals surface area contributed by atoms with Gasteiger partial charge in [-0.2, -0.15) is 0 Å². The third-order valence-electron chi connectivity index (χ3n) is 4.35. The number of aliphatic imine (C=N–C) groups is 1. The molecule has 0 radical (unpaired) electrons. The van der Waals surface area contributed by atoms with Crippen molar-refractivity contribution >= 4 is 29.2 Å². The molecule has 0 aliphatic heterocycles. The number of carbonyl (C=O) groups is 1. The fourth-order valence-corrected chi connectivity index (χ4v) is 3.01. The standard InChI is InChI=1S/C23H23ClN4O3/c1-15-7-8-21(20(24)10-15)27-23(26-14-17-6-4-5-9-25-17)28-22(29)16-11-18(30-2)13-19(12-16)31-3/h4-13H,14H2,1-3H3,(H2,26,27,28,29). The van der Waals surface area contributed by atoms with Crippen LogP contribution < -0.4 is 20.1 Å². The first-order chi connectivity index (χ1) is 15.0. The Hall–Kier alpha value is -3.58. The van der Waals surface area contributed by atoms with E-state index in [2.05, 4.69) is 20.6 Å². The van der Waals surface area contributed by atoms with Crippen LogP contribution in [0.15, 0.2) is 65.8 Å². The molecule has 0 bridgehead atoms. The minimum absolute atomic E-state index is 0.239. The van der Waals surface area contributed by atoms with Crippen LogP contribution in [0.2, 0.25) is 5.02 Å². The van der Waals surface area contributed by atoms with Crippen molar-refractivity contribution in [2.24, 2.45) is 4.99 Å². The number of aromatic nitrogens is 1. The van der Waals surface area contributed by atoms with Crippen LogP contribution in [-0.2, 0) is 6.54 Å². The highest BCUT2D eigenvalue weighted by Gasteiger charge is 2.14. The summed E-state index contributed by atoms with van der Waals surface area (Å²) in [6.45, 7) is 2.22. The summed E-state index contributed by atoms with van der Waals surface area (Å²) < 4.78 is 10.5. The number of halogens is 1. The molecule has 0 atom stereocenters. The number of pyridine rings is 1. The van der Waals surface area contributed by atoms with Gasteiger partial charge in [0, 0.05) is 17.8 Å². The van der Waals surface area contributed by atoms with Gasteiger partial charge in [0.15, 0.2) is 0 Å². The Balaban J connectivity index is 1.87. The Labute approximate surface area is 186 Å². The molecule has 0 fully saturated rings. The summed E-state index contributed by atoms with van der Waals surface area (Å²) in [4.78, 5) is 21.7. The zero-order chi connectivity index (χ0) is 22.2. The van der Waals surface area contributed by atoms with E-state index in [1.807, 2.05) is 43.3 Å². The van der Waals surface area contributed by atoms with Crippen LogP contribution in [0.5, 0.6) is 11.5 Å². The molecular weight excluding hydrogens is 416 g/mol. The first kappa shape index (κ1) is 22.1. The second kappa shape index (κ2) is 10.4. The molecule has 0 aliphatic rings. The molecule has 1 heterocycles. The highest BCUT2D eigenvalue weighted by molar-refractivity contribution is 6.34. The Morgan fingerprint density at radius 3 is 2.42 bits per heavy atom. The van der Waals surface area contributed by atoms with Crippen LogP contribution in [0.3, 0.4) is 0 Å². The maximum atomic E-state index is 12.9. The molecule has 160 valence electrons. The molecule has 1 aromatic heterocycles. The predicted molar refractivity (Wildman–Crippen MR) is 122 cm³/mol. The van der Waals surface area contributed by atoms with E-state index in [4.69, 9.17) is 21.1 Å². The van der Waals surface area contributed by atoms with Crippen LogP contribution in [0, 0.1) is 6.92 Å². The fraction of sp³-hybridized carbons (Fsp3) is 0.174. The van der Waals surface area contributed by atoms with Crippen LogP contribution in [0.1, 0.15) is 21.6 Å². The molecule has 0 unspecified atom stereocenters. The maximum Gasteiger partial charge on any atom is 0.258 e. The van der Waals surface area contributed by atoms with Gasteiger partial charge in [0.25, 0.3) is 5.91 Å². The van der Waals surface area contributed by atoms with Crippen molar-refractivity contribution < 1.29 is 14.3 Å². The topological polar surface area (TPSA) is 84.8 Å². The molecule has 0 saturated heterocycles. The molecule has 31 heavy (non-hydrogen) atoms. The molecule has 0 aliphatic carbocycles. The number of carbonyl (C=O) groups excluding carboxylic acids is 1. The smallest absolute Gasteiger partial charge is 0.258 e. The third kappa shape index (κ3) is 6.20. The summed E-state index contributed by atoms with van der Waals surface area (Å²) in [6, 6.07) is 16.1. The molecule has 3 aromatic rings. The highest BCUT2D eigenvalue weighted by Crippen LogP contribution is 2.24. The number of nitrogens with zero attached hydrogens (tertiary/aromatic N) is 2. The monoisotopic (exact) mass is 438 g/mol. The van der Waals surface area contributed by atoms with Crippen molar-refractivity contribution in [1.82, 2.24) is 10.3 Å². The Kier molecular flexibility index (Phi) is 7.45. The van der Waals surface area contributed by atoms with E-state index in [1.165, 1.54) is 14.2 Å². The fourth-order valence-electron chi connectivity index (χ4n) is 2.73. The van der Waals surface area contributed by atoms with E-state index in [1.54, 1.807) is 24.4 Å². The molecular formula is C23H23ClN4O3. The molecule has 8 heteroatoms. The number of benzene rings is 2. The zero-order valence-electron chi connectivity index (χ0n) is 17.5. The number of ether oxygens (including phenoxy) is 2. The summed E-state index contributed by atoms with van der Waals surface area (Å²) in [6.07, 6.45) is 1.69. The lowest BCUT2D eigenvalue weighted by Crippen LogP contribution is -2.36. The minimum Gasteiger partial charge on any atom is -0.497 e. The second-order valence-corrected chi connectivity index (χ2v) is 7.06. The van der Waals surface area contributed by atoms with Gasteiger partial charge < -0.3 is 14.8 Å². The van der Waals surface area contributed by atoms with Crippen molar-refractivity contribution in [3.8, 4) is 11.5 Å². The van der Waals surface area contributed by atoms with Crippen molar-refractivity contribution in [1.29, 1.82) is 0 Å². The van der Waals surface area contributed by atoms with Gasteiger partial charge in [0.05, 0.1) is 37.2 Å². The highest BCUT2D eigenvalue weighted by atomic mass is 35.5. The van der Waals surface area contributed by atoms with E-state index >= 15 is 0 Å². The Morgan fingerprint density at radius 2 is 1.81 bits per heavy atom. The number of guanidine groups is 1. The van der Waals surface area contributed by atoms with Gasteiger partial charge >= 0.3 is 0 Å². The number of rotatable bonds is 6.